The van der Waals surface area contributed by atoms with Crippen LogP contribution in [0.15, 0.2) is 59.1 Å². The molecule has 1 radical (unpaired) electrons. The number of benzene rings is 2. The van der Waals surface area contributed by atoms with Crippen molar-refractivity contribution in [3.63, 3.8) is 0 Å². The Morgan fingerprint density at radius 3 is 2.56 bits per heavy atom. The number of aromatic nitrogens is 1. The standard InChI is InChI=1S/C24H20NO.Ir/c1-2-14-25-21(9-1)19-7-3-5-17-18-6-4-8-20(23(18)26-22(17)19)24-12-10-16(15-24)11-13-24;/h1-6,8-9,14,16H,10-13,15H2;/q-1;. The first-order chi connectivity index (χ1) is 12.8. The molecule has 0 unspecified atom stereocenters. The number of hydrogen-bond donors (Lipinski definition) is 0. The summed E-state index contributed by atoms with van der Waals surface area (Å²) in [4.78, 5) is 4.51. The molecule has 27 heavy (non-hydrogen) atoms. The van der Waals surface area contributed by atoms with Crippen LogP contribution in [0, 0.1) is 12.0 Å². The van der Waals surface area contributed by atoms with E-state index in [2.05, 4.69) is 35.3 Å². The van der Waals surface area contributed by atoms with E-state index in [1.807, 2.05) is 30.5 Å². The maximum absolute atomic E-state index is 6.56. The first-order valence-electron chi connectivity index (χ1n) is 9.62. The van der Waals surface area contributed by atoms with Crippen LogP contribution >= 0.6 is 0 Å². The molecule has 2 aromatic carbocycles. The van der Waals surface area contributed by atoms with Crippen LogP contribution in [0.4, 0.5) is 0 Å². The number of furan rings is 1. The van der Waals surface area contributed by atoms with Crippen molar-refractivity contribution in [1.29, 1.82) is 0 Å². The summed E-state index contributed by atoms with van der Waals surface area (Å²) in [7, 11) is 0. The zero-order chi connectivity index (χ0) is 17.1. The molecule has 2 fully saturated rings. The number of rotatable bonds is 2. The summed E-state index contributed by atoms with van der Waals surface area (Å²) < 4.78 is 6.56. The normalized spacial score (nSPS) is 23.8. The summed E-state index contributed by atoms with van der Waals surface area (Å²) in [6.45, 7) is 0. The Balaban J connectivity index is 0.00000160. The molecule has 2 bridgehead atoms. The topological polar surface area (TPSA) is 26.0 Å². The largest absolute Gasteiger partial charge is 0.500 e. The Kier molecular flexibility index (Phi) is 4.00. The predicted molar refractivity (Wildman–Crippen MR) is 104 cm³/mol. The molecule has 2 heterocycles. The van der Waals surface area contributed by atoms with Crippen molar-refractivity contribution in [3.8, 4) is 11.3 Å². The molecule has 0 amide bonds. The van der Waals surface area contributed by atoms with Gasteiger partial charge < -0.3 is 9.40 Å². The van der Waals surface area contributed by atoms with Crippen molar-refractivity contribution >= 4 is 21.9 Å². The third-order valence-electron chi connectivity index (χ3n) is 6.69. The quantitative estimate of drug-likeness (QED) is 0.285. The predicted octanol–water partition coefficient (Wildman–Crippen LogP) is 6.28. The summed E-state index contributed by atoms with van der Waals surface area (Å²) in [6, 6.07) is 20.2. The number of hydrogen-bond acceptors (Lipinski definition) is 2. The molecule has 2 aliphatic carbocycles. The number of para-hydroxylation sites is 1. The second kappa shape index (κ2) is 6.29. The van der Waals surface area contributed by atoms with E-state index >= 15 is 0 Å². The molecule has 0 saturated heterocycles. The van der Waals surface area contributed by atoms with Gasteiger partial charge in [-0.05, 0) is 55.2 Å². The fourth-order valence-electron chi connectivity index (χ4n) is 5.45. The molecule has 2 aromatic heterocycles. The van der Waals surface area contributed by atoms with E-state index in [1.54, 1.807) is 0 Å². The van der Waals surface area contributed by atoms with Gasteiger partial charge in [-0.2, -0.15) is 0 Å². The van der Waals surface area contributed by atoms with Crippen LogP contribution in [-0.2, 0) is 25.5 Å². The Bertz CT molecular complexity index is 1120. The SMILES string of the molecule is [Ir].[c-]1ccc2c(oc3c(C45CCC(CC4)C5)cccc32)c1-c1ccccn1. The zero-order valence-corrected chi connectivity index (χ0v) is 17.4. The van der Waals surface area contributed by atoms with E-state index in [4.69, 9.17) is 4.42 Å². The number of nitrogens with zero attached hydrogens (tertiary/aromatic N) is 1. The molecule has 2 nitrogen and oxygen atoms in total. The van der Waals surface area contributed by atoms with Gasteiger partial charge in [0.05, 0.1) is 5.58 Å². The van der Waals surface area contributed by atoms with Gasteiger partial charge in [0.25, 0.3) is 0 Å². The minimum Gasteiger partial charge on any atom is -0.500 e. The van der Waals surface area contributed by atoms with Crippen LogP contribution in [0.1, 0.15) is 37.7 Å². The van der Waals surface area contributed by atoms with E-state index in [-0.39, 0.29) is 20.1 Å². The maximum atomic E-state index is 6.56. The van der Waals surface area contributed by atoms with Gasteiger partial charge in [-0.3, -0.25) is 0 Å². The van der Waals surface area contributed by atoms with E-state index in [0.717, 1.165) is 28.3 Å². The van der Waals surface area contributed by atoms with Crippen molar-refractivity contribution in [2.24, 2.45) is 5.92 Å². The monoisotopic (exact) mass is 531 g/mol. The first kappa shape index (κ1) is 17.2. The molecule has 2 aliphatic rings. The molecule has 6 rings (SSSR count). The van der Waals surface area contributed by atoms with Crippen LogP contribution in [-0.4, -0.2) is 4.98 Å². The molecule has 0 atom stereocenters. The van der Waals surface area contributed by atoms with Gasteiger partial charge in [0.1, 0.15) is 5.58 Å². The van der Waals surface area contributed by atoms with E-state index in [1.165, 1.54) is 48.4 Å². The molecule has 0 aliphatic heterocycles. The van der Waals surface area contributed by atoms with Crippen molar-refractivity contribution < 1.29 is 24.5 Å². The van der Waals surface area contributed by atoms with Crippen molar-refractivity contribution in [1.82, 2.24) is 4.98 Å². The second-order valence-corrected chi connectivity index (χ2v) is 8.02. The van der Waals surface area contributed by atoms with E-state index in [9.17, 15) is 0 Å². The minimum atomic E-state index is 0. The smallest absolute Gasteiger partial charge is 0.124 e. The average Bonchev–Trinajstić information content (AvgIpc) is 3.41. The maximum Gasteiger partial charge on any atom is 0.124 e. The molecule has 0 spiro atoms. The van der Waals surface area contributed by atoms with Crippen LogP contribution in [0.5, 0.6) is 0 Å². The Morgan fingerprint density at radius 1 is 0.963 bits per heavy atom. The van der Waals surface area contributed by atoms with Gasteiger partial charge in [0.2, 0.25) is 0 Å². The van der Waals surface area contributed by atoms with Crippen LogP contribution < -0.4 is 0 Å². The third-order valence-corrected chi connectivity index (χ3v) is 6.69. The fraction of sp³-hybridized carbons (Fsp3) is 0.292. The average molecular weight is 531 g/mol. The first-order valence-corrected chi connectivity index (χ1v) is 9.62. The summed E-state index contributed by atoms with van der Waals surface area (Å²) in [5.41, 5.74) is 5.64. The van der Waals surface area contributed by atoms with Gasteiger partial charge in [0, 0.05) is 37.3 Å². The number of pyridine rings is 1. The second-order valence-electron chi connectivity index (χ2n) is 8.02. The minimum absolute atomic E-state index is 0. The van der Waals surface area contributed by atoms with Crippen molar-refractivity contribution in [2.75, 3.05) is 0 Å². The van der Waals surface area contributed by atoms with E-state index in [0.29, 0.717) is 5.41 Å². The fourth-order valence-corrected chi connectivity index (χ4v) is 5.45. The number of fused-ring (bicyclic) bond motifs is 5. The Morgan fingerprint density at radius 2 is 1.81 bits per heavy atom. The van der Waals surface area contributed by atoms with Gasteiger partial charge >= 0.3 is 0 Å². The summed E-state index contributed by atoms with van der Waals surface area (Å²) >= 11 is 0. The van der Waals surface area contributed by atoms with Crippen molar-refractivity contribution in [2.45, 2.75) is 37.5 Å². The molecule has 0 N–H and O–H groups in total. The molecule has 3 heteroatoms. The summed E-state index contributed by atoms with van der Waals surface area (Å²) in [5, 5.41) is 2.40. The van der Waals surface area contributed by atoms with E-state index < -0.39 is 0 Å². The van der Waals surface area contributed by atoms with Crippen LogP contribution in [0.25, 0.3) is 33.2 Å². The zero-order valence-electron chi connectivity index (χ0n) is 15.0. The summed E-state index contributed by atoms with van der Waals surface area (Å²) in [6.07, 6.45) is 8.54. The molecular formula is C24H20IrNO-. The Labute approximate surface area is 172 Å². The van der Waals surface area contributed by atoms with Crippen molar-refractivity contribution in [3.05, 3.63) is 66.4 Å². The molecule has 4 aromatic rings. The van der Waals surface area contributed by atoms with Gasteiger partial charge in [0.15, 0.2) is 0 Å². The molecule has 137 valence electrons. The molecule has 2 saturated carbocycles. The summed E-state index contributed by atoms with van der Waals surface area (Å²) in [5.74, 6) is 0.923. The van der Waals surface area contributed by atoms with Gasteiger partial charge in [-0.1, -0.05) is 41.3 Å². The third kappa shape index (κ3) is 2.45. The van der Waals surface area contributed by atoms with Crippen LogP contribution in [0.2, 0.25) is 0 Å². The van der Waals surface area contributed by atoms with Gasteiger partial charge in [-0.15, -0.1) is 18.2 Å². The molecular weight excluding hydrogens is 510 g/mol. The van der Waals surface area contributed by atoms with Crippen LogP contribution in [0.3, 0.4) is 0 Å². The van der Waals surface area contributed by atoms with Gasteiger partial charge in [-0.25, -0.2) is 0 Å². The Hall–Kier alpha value is -1.96.